The van der Waals surface area contributed by atoms with Crippen molar-refractivity contribution in [2.24, 2.45) is 5.73 Å². The summed E-state index contributed by atoms with van der Waals surface area (Å²) in [5.41, 5.74) is 5.51. The number of ether oxygens (including phenoxy) is 2. The predicted molar refractivity (Wildman–Crippen MR) is 76.9 cm³/mol. The number of nitrogens with zero attached hydrogens (tertiary/aromatic N) is 2. The third-order valence-corrected chi connectivity index (χ3v) is 3.08. The van der Waals surface area contributed by atoms with Crippen LogP contribution in [0.15, 0.2) is 12.3 Å². The zero-order valence-corrected chi connectivity index (χ0v) is 12.3. The Bertz CT molecular complexity index is 427. The normalized spacial score (nSPS) is 21.5. The molecule has 0 aromatic carbocycles. The highest BCUT2D eigenvalue weighted by Gasteiger charge is 2.30. The minimum Gasteiger partial charge on any atom is -0.383 e. The molecule has 8 heteroatoms. The van der Waals surface area contributed by atoms with Gasteiger partial charge in [-0.1, -0.05) is 0 Å². The van der Waals surface area contributed by atoms with Gasteiger partial charge < -0.3 is 20.5 Å². The van der Waals surface area contributed by atoms with E-state index in [9.17, 15) is 4.79 Å². The minimum atomic E-state index is -0.419. The Kier molecular flexibility index (Phi) is 6.94. The van der Waals surface area contributed by atoms with Crippen LogP contribution in [0.5, 0.6) is 0 Å². The second kappa shape index (κ2) is 8.21. The molecule has 0 spiro atoms. The van der Waals surface area contributed by atoms with E-state index in [1.807, 2.05) is 0 Å². The third-order valence-electron chi connectivity index (χ3n) is 3.08. The summed E-state index contributed by atoms with van der Waals surface area (Å²) >= 11 is 0. The van der Waals surface area contributed by atoms with Gasteiger partial charge in [0.05, 0.1) is 19.3 Å². The van der Waals surface area contributed by atoms with Crippen LogP contribution in [0.1, 0.15) is 12.8 Å². The number of methoxy groups -OCH3 is 1. The van der Waals surface area contributed by atoms with E-state index in [-0.39, 0.29) is 24.4 Å². The lowest BCUT2D eigenvalue weighted by molar-refractivity contribution is -0.126. The predicted octanol–water partition coefficient (Wildman–Crippen LogP) is 0.396. The molecule has 20 heavy (non-hydrogen) atoms. The van der Waals surface area contributed by atoms with Crippen molar-refractivity contribution >= 4 is 24.1 Å². The summed E-state index contributed by atoms with van der Waals surface area (Å²) in [6, 6.07) is 1.75. The van der Waals surface area contributed by atoms with Gasteiger partial charge in [-0.3, -0.25) is 9.48 Å². The number of carbonyl (C=O) groups is 1. The Morgan fingerprint density at radius 2 is 2.45 bits per heavy atom. The largest absolute Gasteiger partial charge is 0.383 e. The van der Waals surface area contributed by atoms with Crippen molar-refractivity contribution in [2.75, 3.05) is 25.6 Å². The second-order valence-electron chi connectivity index (χ2n) is 4.51. The number of amides is 1. The summed E-state index contributed by atoms with van der Waals surface area (Å²) in [6.45, 7) is 1.69. The number of carbonyl (C=O) groups excluding carboxylic acids is 1. The molecule has 1 saturated heterocycles. The van der Waals surface area contributed by atoms with Crippen LogP contribution in [0.4, 0.5) is 5.82 Å². The first-order valence-corrected chi connectivity index (χ1v) is 6.41. The van der Waals surface area contributed by atoms with Crippen LogP contribution in [0.2, 0.25) is 0 Å². The number of aromatic nitrogens is 2. The molecule has 0 radical (unpaired) electrons. The number of nitrogens with two attached hydrogens (primary N) is 1. The Hall–Kier alpha value is -1.15. The highest BCUT2D eigenvalue weighted by molar-refractivity contribution is 5.93. The molecular formula is C12H21ClN4O3. The minimum absolute atomic E-state index is 0. The number of hydrogen-bond donors (Lipinski definition) is 2. The number of rotatable bonds is 6. The lowest BCUT2D eigenvalue weighted by atomic mass is 10.2. The van der Waals surface area contributed by atoms with Crippen LogP contribution in [0.25, 0.3) is 0 Å². The maximum absolute atomic E-state index is 11.9. The standard InChI is InChI=1S/C12H20N4O3.ClH/c1-18-7-6-16-5-4-11(15-16)14-12(17)10-3-2-9(8-13)19-10;/h4-5,9-10H,2-3,6-8,13H2,1H3,(H,14,15,17);1H/t9-,10+;/m1./s1. The van der Waals surface area contributed by atoms with Gasteiger partial charge in [0, 0.05) is 25.9 Å². The van der Waals surface area contributed by atoms with Gasteiger partial charge in [0.2, 0.25) is 0 Å². The molecular weight excluding hydrogens is 284 g/mol. The van der Waals surface area contributed by atoms with E-state index in [2.05, 4.69) is 10.4 Å². The van der Waals surface area contributed by atoms with E-state index in [0.717, 1.165) is 6.42 Å². The van der Waals surface area contributed by atoms with Crippen LogP contribution in [-0.4, -0.2) is 48.2 Å². The fraction of sp³-hybridized carbons (Fsp3) is 0.667. The molecule has 114 valence electrons. The SMILES string of the molecule is COCCn1ccc(NC(=O)[C@@H]2CC[C@H](CN)O2)n1.Cl. The quantitative estimate of drug-likeness (QED) is 0.793. The van der Waals surface area contributed by atoms with Crippen LogP contribution >= 0.6 is 12.4 Å². The molecule has 1 aromatic rings. The average molecular weight is 305 g/mol. The summed E-state index contributed by atoms with van der Waals surface area (Å²) in [7, 11) is 1.64. The van der Waals surface area contributed by atoms with Gasteiger partial charge in [0.1, 0.15) is 6.10 Å². The van der Waals surface area contributed by atoms with Gasteiger partial charge in [-0.15, -0.1) is 12.4 Å². The Morgan fingerprint density at radius 1 is 1.65 bits per heavy atom. The third kappa shape index (κ3) is 4.45. The van der Waals surface area contributed by atoms with Crippen molar-refractivity contribution in [3.05, 3.63) is 12.3 Å². The number of halogens is 1. The first-order chi connectivity index (χ1) is 9.22. The second-order valence-corrected chi connectivity index (χ2v) is 4.51. The van der Waals surface area contributed by atoms with Crippen LogP contribution < -0.4 is 11.1 Å². The van der Waals surface area contributed by atoms with Crippen LogP contribution in [0.3, 0.4) is 0 Å². The van der Waals surface area contributed by atoms with Crippen molar-refractivity contribution in [3.8, 4) is 0 Å². The molecule has 0 aliphatic carbocycles. The maximum Gasteiger partial charge on any atom is 0.254 e. The van der Waals surface area contributed by atoms with E-state index in [1.165, 1.54) is 0 Å². The number of nitrogens with one attached hydrogen (secondary N) is 1. The van der Waals surface area contributed by atoms with Gasteiger partial charge in [0.25, 0.3) is 5.91 Å². The van der Waals surface area contributed by atoms with Crippen molar-refractivity contribution < 1.29 is 14.3 Å². The summed E-state index contributed by atoms with van der Waals surface area (Å²) in [5.74, 6) is 0.369. The molecule has 1 aliphatic rings. The van der Waals surface area contributed by atoms with E-state index in [0.29, 0.717) is 31.9 Å². The number of anilines is 1. The first-order valence-electron chi connectivity index (χ1n) is 6.41. The molecule has 0 bridgehead atoms. The van der Waals surface area contributed by atoms with Crippen molar-refractivity contribution in [1.29, 1.82) is 0 Å². The smallest absolute Gasteiger partial charge is 0.254 e. The van der Waals surface area contributed by atoms with Gasteiger partial charge in [-0.25, -0.2) is 0 Å². The molecule has 7 nitrogen and oxygen atoms in total. The molecule has 1 aliphatic heterocycles. The van der Waals surface area contributed by atoms with Gasteiger partial charge in [-0.2, -0.15) is 5.10 Å². The van der Waals surface area contributed by atoms with E-state index in [4.69, 9.17) is 15.2 Å². The fourth-order valence-electron chi connectivity index (χ4n) is 2.02. The summed E-state index contributed by atoms with van der Waals surface area (Å²) < 4.78 is 12.2. The first kappa shape index (κ1) is 16.9. The molecule has 2 heterocycles. The van der Waals surface area contributed by atoms with Gasteiger partial charge >= 0.3 is 0 Å². The van der Waals surface area contributed by atoms with Crippen LogP contribution in [-0.2, 0) is 20.8 Å². The molecule has 2 atom stereocenters. The monoisotopic (exact) mass is 304 g/mol. The zero-order chi connectivity index (χ0) is 13.7. The highest BCUT2D eigenvalue weighted by Crippen LogP contribution is 2.20. The van der Waals surface area contributed by atoms with Gasteiger partial charge in [0.15, 0.2) is 5.82 Å². The van der Waals surface area contributed by atoms with Crippen LogP contribution in [0, 0.1) is 0 Å². The lowest BCUT2D eigenvalue weighted by Gasteiger charge is -2.11. The molecule has 0 saturated carbocycles. The van der Waals surface area contributed by atoms with E-state index in [1.54, 1.807) is 24.1 Å². The highest BCUT2D eigenvalue weighted by atomic mass is 35.5. The van der Waals surface area contributed by atoms with E-state index < -0.39 is 6.10 Å². The lowest BCUT2D eigenvalue weighted by Crippen LogP contribution is -2.30. The Balaban J connectivity index is 0.00000200. The molecule has 0 unspecified atom stereocenters. The maximum atomic E-state index is 11.9. The van der Waals surface area contributed by atoms with Gasteiger partial charge in [-0.05, 0) is 12.8 Å². The average Bonchev–Trinajstić information content (AvgIpc) is 3.05. The zero-order valence-electron chi connectivity index (χ0n) is 11.4. The van der Waals surface area contributed by atoms with Crippen molar-refractivity contribution in [2.45, 2.75) is 31.6 Å². The molecule has 2 rings (SSSR count). The topological polar surface area (TPSA) is 91.4 Å². The summed E-state index contributed by atoms with van der Waals surface area (Å²) in [5, 5.41) is 6.97. The molecule has 3 N–H and O–H groups in total. The van der Waals surface area contributed by atoms with Crippen molar-refractivity contribution in [1.82, 2.24) is 9.78 Å². The van der Waals surface area contributed by atoms with Crippen molar-refractivity contribution in [3.63, 3.8) is 0 Å². The number of hydrogen-bond acceptors (Lipinski definition) is 5. The Labute approximate surface area is 124 Å². The molecule has 1 fully saturated rings. The van der Waals surface area contributed by atoms with E-state index >= 15 is 0 Å². The fourth-order valence-corrected chi connectivity index (χ4v) is 2.02. The molecule has 1 aromatic heterocycles. The summed E-state index contributed by atoms with van der Waals surface area (Å²) in [4.78, 5) is 11.9. The summed E-state index contributed by atoms with van der Waals surface area (Å²) in [6.07, 6.45) is 2.91. The molecule has 1 amide bonds. The Morgan fingerprint density at radius 3 is 3.10 bits per heavy atom.